The van der Waals surface area contributed by atoms with Crippen molar-refractivity contribution in [1.29, 1.82) is 0 Å². The van der Waals surface area contributed by atoms with Crippen molar-refractivity contribution >= 4 is 0 Å². The highest BCUT2D eigenvalue weighted by Crippen LogP contribution is 2.37. The topological polar surface area (TPSA) is 56.4 Å². The van der Waals surface area contributed by atoms with Gasteiger partial charge in [-0.2, -0.15) is 0 Å². The van der Waals surface area contributed by atoms with Crippen LogP contribution in [0.5, 0.6) is 17.4 Å². The van der Waals surface area contributed by atoms with E-state index in [0.29, 0.717) is 28.6 Å². The minimum atomic E-state index is -0.303. The number of benzene rings is 2. The van der Waals surface area contributed by atoms with Crippen LogP contribution in [-0.4, -0.2) is 24.4 Å². The largest absolute Gasteiger partial charge is 0.493 e. The summed E-state index contributed by atoms with van der Waals surface area (Å²) in [6.07, 6.45) is 0. The average molecular weight is 328 g/mol. The Balaban J connectivity index is 1.80. The SMILES string of the molecule is COc1cccc(-c2cc(OCc3ccccc3F)n[nH]2)c1OC. The van der Waals surface area contributed by atoms with E-state index in [9.17, 15) is 4.39 Å². The molecule has 0 fully saturated rings. The Bertz CT molecular complexity index is 833. The quantitative estimate of drug-likeness (QED) is 0.747. The van der Waals surface area contributed by atoms with Crippen LogP contribution in [0.1, 0.15) is 5.56 Å². The summed E-state index contributed by atoms with van der Waals surface area (Å²) in [6.45, 7) is 0.103. The number of methoxy groups -OCH3 is 2. The first kappa shape index (κ1) is 15.9. The highest BCUT2D eigenvalue weighted by molar-refractivity contribution is 5.71. The fourth-order valence-electron chi connectivity index (χ4n) is 2.38. The van der Waals surface area contributed by atoms with Gasteiger partial charge in [0, 0.05) is 17.2 Å². The monoisotopic (exact) mass is 328 g/mol. The first-order chi connectivity index (χ1) is 11.7. The van der Waals surface area contributed by atoms with Crippen LogP contribution in [0.4, 0.5) is 4.39 Å². The minimum absolute atomic E-state index is 0.103. The maximum absolute atomic E-state index is 13.6. The van der Waals surface area contributed by atoms with Crippen molar-refractivity contribution in [2.45, 2.75) is 6.61 Å². The molecule has 1 N–H and O–H groups in total. The zero-order valence-electron chi connectivity index (χ0n) is 13.4. The van der Waals surface area contributed by atoms with E-state index in [1.54, 1.807) is 38.5 Å². The molecule has 0 amide bonds. The Hall–Kier alpha value is -3.02. The van der Waals surface area contributed by atoms with Crippen LogP contribution in [0.2, 0.25) is 0 Å². The van der Waals surface area contributed by atoms with E-state index in [4.69, 9.17) is 14.2 Å². The van der Waals surface area contributed by atoms with Crippen LogP contribution >= 0.6 is 0 Å². The number of H-pyrrole nitrogens is 1. The molecule has 0 spiro atoms. The molecular weight excluding hydrogens is 311 g/mol. The van der Waals surface area contributed by atoms with Gasteiger partial charge in [-0.3, -0.25) is 5.10 Å². The molecular formula is C18H17FN2O3. The van der Waals surface area contributed by atoms with Crippen molar-refractivity contribution in [3.63, 3.8) is 0 Å². The Morgan fingerprint density at radius 2 is 1.88 bits per heavy atom. The summed E-state index contributed by atoms with van der Waals surface area (Å²) >= 11 is 0. The summed E-state index contributed by atoms with van der Waals surface area (Å²) in [5, 5.41) is 7.00. The zero-order chi connectivity index (χ0) is 16.9. The van der Waals surface area contributed by atoms with Crippen LogP contribution in [0.3, 0.4) is 0 Å². The summed E-state index contributed by atoms with van der Waals surface area (Å²) in [7, 11) is 3.16. The number of hydrogen-bond acceptors (Lipinski definition) is 4. The lowest BCUT2D eigenvalue weighted by Crippen LogP contribution is -1.98. The van der Waals surface area contributed by atoms with E-state index in [-0.39, 0.29) is 12.4 Å². The van der Waals surface area contributed by atoms with Gasteiger partial charge in [0.2, 0.25) is 5.88 Å². The van der Waals surface area contributed by atoms with Gasteiger partial charge >= 0.3 is 0 Å². The fraction of sp³-hybridized carbons (Fsp3) is 0.167. The number of para-hydroxylation sites is 1. The van der Waals surface area contributed by atoms with Gasteiger partial charge in [-0.15, -0.1) is 5.10 Å². The van der Waals surface area contributed by atoms with Gasteiger partial charge in [-0.05, 0) is 18.2 Å². The molecule has 24 heavy (non-hydrogen) atoms. The second kappa shape index (κ2) is 7.04. The molecule has 2 aromatic carbocycles. The van der Waals surface area contributed by atoms with Gasteiger partial charge in [0.05, 0.1) is 19.9 Å². The molecule has 3 aromatic rings. The number of rotatable bonds is 6. The van der Waals surface area contributed by atoms with Crippen LogP contribution in [0.15, 0.2) is 48.5 Å². The molecule has 6 heteroatoms. The third-order valence-corrected chi connectivity index (χ3v) is 3.58. The number of nitrogens with one attached hydrogen (secondary N) is 1. The predicted octanol–water partition coefficient (Wildman–Crippen LogP) is 3.81. The highest BCUT2D eigenvalue weighted by atomic mass is 19.1. The molecule has 0 radical (unpaired) electrons. The van der Waals surface area contributed by atoms with Gasteiger partial charge < -0.3 is 14.2 Å². The molecule has 0 atom stereocenters. The number of ether oxygens (including phenoxy) is 3. The first-order valence-corrected chi connectivity index (χ1v) is 7.36. The second-order valence-corrected chi connectivity index (χ2v) is 5.04. The van der Waals surface area contributed by atoms with Gasteiger partial charge in [0.1, 0.15) is 12.4 Å². The van der Waals surface area contributed by atoms with Crippen molar-refractivity contribution in [2.24, 2.45) is 0 Å². The molecule has 1 aromatic heterocycles. The summed E-state index contributed by atoms with van der Waals surface area (Å²) in [4.78, 5) is 0. The highest BCUT2D eigenvalue weighted by Gasteiger charge is 2.14. The van der Waals surface area contributed by atoms with Crippen molar-refractivity contribution in [2.75, 3.05) is 14.2 Å². The summed E-state index contributed by atoms with van der Waals surface area (Å²) in [5.74, 6) is 1.29. The van der Waals surface area contributed by atoms with Crippen molar-refractivity contribution in [1.82, 2.24) is 10.2 Å². The van der Waals surface area contributed by atoms with Crippen LogP contribution < -0.4 is 14.2 Å². The van der Waals surface area contributed by atoms with Crippen LogP contribution in [-0.2, 0) is 6.61 Å². The third-order valence-electron chi connectivity index (χ3n) is 3.58. The smallest absolute Gasteiger partial charge is 0.233 e. The van der Waals surface area contributed by atoms with Crippen molar-refractivity contribution in [3.8, 4) is 28.6 Å². The normalized spacial score (nSPS) is 10.5. The molecule has 124 valence electrons. The Morgan fingerprint density at radius 1 is 1.04 bits per heavy atom. The maximum atomic E-state index is 13.6. The number of aromatic amines is 1. The molecule has 0 aliphatic carbocycles. The predicted molar refractivity (Wildman–Crippen MR) is 87.9 cm³/mol. The standard InChI is InChI=1S/C18H17FN2O3/c1-22-16-9-5-7-13(18(16)23-2)15-10-17(21-20-15)24-11-12-6-3-4-8-14(12)19/h3-10H,11H2,1-2H3,(H,20,21). The van der Waals surface area contributed by atoms with Gasteiger partial charge in [-0.25, -0.2) is 4.39 Å². The molecule has 5 nitrogen and oxygen atoms in total. The molecule has 0 bridgehead atoms. The summed E-state index contributed by atoms with van der Waals surface area (Å²) < 4.78 is 29.9. The first-order valence-electron chi connectivity index (χ1n) is 7.36. The van der Waals surface area contributed by atoms with E-state index >= 15 is 0 Å². The summed E-state index contributed by atoms with van der Waals surface area (Å²) in [6, 6.07) is 13.8. The Kier molecular flexibility index (Phi) is 4.65. The number of hydrogen-bond donors (Lipinski definition) is 1. The van der Waals surface area contributed by atoms with Gasteiger partial charge in [0.25, 0.3) is 0 Å². The molecule has 0 unspecified atom stereocenters. The van der Waals surface area contributed by atoms with Gasteiger partial charge in [0.15, 0.2) is 11.5 Å². The number of nitrogens with zero attached hydrogens (tertiary/aromatic N) is 1. The molecule has 0 aliphatic rings. The zero-order valence-corrected chi connectivity index (χ0v) is 13.4. The Morgan fingerprint density at radius 3 is 2.62 bits per heavy atom. The summed E-state index contributed by atoms with van der Waals surface area (Å²) in [5.41, 5.74) is 1.99. The van der Waals surface area contributed by atoms with Crippen molar-refractivity contribution in [3.05, 3.63) is 59.9 Å². The van der Waals surface area contributed by atoms with E-state index in [0.717, 1.165) is 5.56 Å². The average Bonchev–Trinajstić information content (AvgIpc) is 3.09. The maximum Gasteiger partial charge on any atom is 0.233 e. The van der Waals surface area contributed by atoms with E-state index in [1.807, 2.05) is 18.2 Å². The van der Waals surface area contributed by atoms with Crippen molar-refractivity contribution < 1.29 is 18.6 Å². The lowest BCUT2D eigenvalue weighted by atomic mass is 10.1. The number of aromatic nitrogens is 2. The molecule has 0 saturated carbocycles. The van der Waals surface area contributed by atoms with Crippen LogP contribution in [0.25, 0.3) is 11.3 Å². The molecule has 3 rings (SSSR count). The molecule has 0 aliphatic heterocycles. The second-order valence-electron chi connectivity index (χ2n) is 5.04. The lowest BCUT2D eigenvalue weighted by molar-refractivity contribution is 0.287. The Labute approximate surface area is 139 Å². The number of halogens is 1. The van der Waals surface area contributed by atoms with E-state index in [1.165, 1.54) is 6.07 Å². The van der Waals surface area contributed by atoms with E-state index in [2.05, 4.69) is 10.2 Å². The van der Waals surface area contributed by atoms with Crippen LogP contribution in [0, 0.1) is 5.82 Å². The van der Waals surface area contributed by atoms with E-state index < -0.39 is 0 Å². The minimum Gasteiger partial charge on any atom is -0.493 e. The molecule has 0 saturated heterocycles. The lowest BCUT2D eigenvalue weighted by Gasteiger charge is -2.10. The fourth-order valence-corrected chi connectivity index (χ4v) is 2.38. The third kappa shape index (κ3) is 3.17. The van der Waals surface area contributed by atoms with Gasteiger partial charge in [-0.1, -0.05) is 24.3 Å². The molecule has 1 heterocycles.